The molecule has 0 heterocycles. The molecule has 102 valence electrons. The summed E-state index contributed by atoms with van der Waals surface area (Å²) in [6.07, 6.45) is 1.61. The van der Waals surface area contributed by atoms with Crippen molar-refractivity contribution >= 4 is 0 Å². The van der Waals surface area contributed by atoms with Crippen LogP contribution in [0.4, 0.5) is 0 Å². The van der Waals surface area contributed by atoms with E-state index in [2.05, 4.69) is 5.32 Å². The number of hydrogen-bond acceptors (Lipinski definition) is 4. The lowest BCUT2D eigenvalue weighted by Gasteiger charge is -2.21. The van der Waals surface area contributed by atoms with E-state index >= 15 is 0 Å². The molecule has 0 saturated heterocycles. The molecule has 1 aromatic rings. The van der Waals surface area contributed by atoms with Crippen LogP contribution >= 0.6 is 0 Å². The third-order valence-electron chi connectivity index (χ3n) is 3.12. The fourth-order valence-corrected chi connectivity index (χ4v) is 2.10. The fraction of sp³-hybridized carbons (Fsp3) is 0.571. The van der Waals surface area contributed by atoms with E-state index in [0.717, 1.165) is 35.5 Å². The standard InChI is InChI=1S/C14H23NO3/c1-10-8-14(18-4)11(9-13(10)17-3)12(15-2)6-5-7-16/h8-9,12,15-16H,5-7H2,1-4H3. The fourth-order valence-electron chi connectivity index (χ4n) is 2.10. The second-order valence-corrected chi connectivity index (χ2v) is 4.27. The van der Waals surface area contributed by atoms with E-state index in [0.29, 0.717) is 0 Å². The van der Waals surface area contributed by atoms with Crippen molar-refractivity contribution in [3.05, 3.63) is 23.3 Å². The lowest BCUT2D eigenvalue weighted by atomic mass is 9.99. The Labute approximate surface area is 109 Å². The van der Waals surface area contributed by atoms with Crippen LogP contribution in [-0.2, 0) is 0 Å². The molecule has 0 spiro atoms. The molecule has 0 aromatic heterocycles. The van der Waals surface area contributed by atoms with E-state index in [1.165, 1.54) is 0 Å². The van der Waals surface area contributed by atoms with E-state index < -0.39 is 0 Å². The van der Waals surface area contributed by atoms with Gasteiger partial charge in [-0.1, -0.05) is 0 Å². The van der Waals surface area contributed by atoms with Gasteiger partial charge in [0, 0.05) is 18.2 Å². The minimum Gasteiger partial charge on any atom is -0.496 e. The van der Waals surface area contributed by atoms with Crippen molar-refractivity contribution in [3.63, 3.8) is 0 Å². The lowest BCUT2D eigenvalue weighted by Crippen LogP contribution is -2.18. The SMILES string of the molecule is CNC(CCCO)c1cc(OC)c(C)cc1OC. The number of hydrogen-bond donors (Lipinski definition) is 2. The van der Waals surface area contributed by atoms with E-state index in [1.54, 1.807) is 14.2 Å². The average Bonchev–Trinajstić information content (AvgIpc) is 2.40. The first-order valence-corrected chi connectivity index (χ1v) is 6.18. The van der Waals surface area contributed by atoms with Crippen LogP contribution in [0.1, 0.15) is 30.0 Å². The van der Waals surface area contributed by atoms with Crippen molar-refractivity contribution in [2.75, 3.05) is 27.9 Å². The van der Waals surface area contributed by atoms with E-state index in [-0.39, 0.29) is 12.6 Å². The molecule has 0 amide bonds. The number of aliphatic hydroxyl groups is 1. The van der Waals surface area contributed by atoms with Gasteiger partial charge in [0.2, 0.25) is 0 Å². The van der Waals surface area contributed by atoms with Gasteiger partial charge in [-0.2, -0.15) is 0 Å². The Morgan fingerprint density at radius 3 is 2.39 bits per heavy atom. The van der Waals surface area contributed by atoms with Crippen LogP contribution in [0.15, 0.2) is 12.1 Å². The average molecular weight is 253 g/mol. The molecular formula is C14H23NO3. The summed E-state index contributed by atoms with van der Waals surface area (Å²) < 4.78 is 10.8. The Morgan fingerprint density at radius 2 is 1.89 bits per heavy atom. The van der Waals surface area contributed by atoms with Crippen molar-refractivity contribution in [1.82, 2.24) is 5.32 Å². The molecule has 4 heteroatoms. The predicted molar refractivity (Wildman–Crippen MR) is 72.4 cm³/mol. The van der Waals surface area contributed by atoms with Gasteiger partial charge in [0.05, 0.1) is 14.2 Å². The van der Waals surface area contributed by atoms with E-state index in [1.807, 2.05) is 26.1 Å². The molecular weight excluding hydrogens is 230 g/mol. The number of methoxy groups -OCH3 is 2. The summed E-state index contributed by atoms with van der Waals surface area (Å²) in [4.78, 5) is 0. The monoisotopic (exact) mass is 253 g/mol. The van der Waals surface area contributed by atoms with Crippen molar-refractivity contribution in [1.29, 1.82) is 0 Å². The first-order chi connectivity index (χ1) is 8.67. The third kappa shape index (κ3) is 3.37. The maximum Gasteiger partial charge on any atom is 0.124 e. The highest BCUT2D eigenvalue weighted by Crippen LogP contribution is 2.33. The Hall–Kier alpha value is -1.26. The van der Waals surface area contributed by atoms with E-state index in [9.17, 15) is 0 Å². The molecule has 1 atom stereocenters. The number of aryl methyl sites for hydroxylation is 1. The van der Waals surface area contributed by atoms with Gasteiger partial charge in [0.1, 0.15) is 11.5 Å². The smallest absolute Gasteiger partial charge is 0.124 e. The number of nitrogens with one attached hydrogen (secondary N) is 1. The highest BCUT2D eigenvalue weighted by molar-refractivity contribution is 5.47. The van der Waals surface area contributed by atoms with Gasteiger partial charge in [-0.3, -0.25) is 0 Å². The zero-order valence-corrected chi connectivity index (χ0v) is 11.6. The highest BCUT2D eigenvalue weighted by atomic mass is 16.5. The summed E-state index contributed by atoms with van der Waals surface area (Å²) in [5.74, 6) is 1.71. The maximum atomic E-state index is 8.95. The minimum atomic E-state index is 0.154. The zero-order chi connectivity index (χ0) is 13.5. The Balaban J connectivity index is 3.09. The molecule has 4 nitrogen and oxygen atoms in total. The minimum absolute atomic E-state index is 0.154. The Bertz CT molecular complexity index is 380. The van der Waals surface area contributed by atoms with Crippen LogP contribution in [-0.4, -0.2) is 33.0 Å². The van der Waals surface area contributed by atoms with Crippen LogP contribution in [0.3, 0.4) is 0 Å². The van der Waals surface area contributed by atoms with E-state index in [4.69, 9.17) is 14.6 Å². The second kappa shape index (κ2) is 7.24. The van der Waals surface area contributed by atoms with Gasteiger partial charge >= 0.3 is 0 Å². The summed E-state index contributed by atoms with van der Waals surface area (Å²) in [7, 11) is 5.25. The third-order valence-corrected chi connectivity index (χ3v) is 3.12. The molecule has 0 bridgehead atoms. The van der Waals surface area contributed by atoms with Crippen LogP contribution in [0.5, 0.6) is 11.5 Å². The van der Waals surface area contributed by atoms with Crippen LogP contribution < -0.4 is 14.8 Å². The van der Waals surface area contributed by atoms with Crippen LogP contribution in [0.25, 0.3) is 0 Å². The summed E-state index contributed by atoms with van der Waals surface area (Å²) >= 11 is 0. The molecule has 1 rings (SSSR count). The van der Waals surface area contributed by atoms with Gasteiger partial charge in [0.25, 0.3) is 0 Å². The zero-order valence-electron chi connectivity index (χ0n) is 11.6. The van der Waals surface area contributed by atoms with Crippen molar-refractivity contribution in [2.45, 2.75) is 25.8 Å². The molecule has 0 radical (unpaired) electrons. The van der Waals surface area contributed by atoms with Gasteiger partial charge in [-0.15, -0.1) is 0 Å². The number of rotatable bonds is 7. The molecule has 2 N–H and O–H groups in total. The number of aliphatic hydroxyl groups excluding tert-OH is 1. The van der Waals surface area contributed by atoms with Crippen molar-refractivity contribution in [3.8, 4) is 11.5 Å². The molecule has 18 heavy (non-hydrogen) atoms. The first-order valence-electron chi connectivity index (χ1n) is 6.18. The molecule has 1 aromatic carbocycles. The number of benzene rings is 1. The molecule has 0 aliphatic carbocycles. The number of ether oxygens (including phenoxy) is 2. The summed E-state index contributed by atoms with van der Waals surface area (Å²) in [5.41, 5.74) is 2.12. The Morgan fingerprint density at radius 1 is 1.22 bits per heavy atom. The molecule has 1 unspecified atom stereocenters. The van der Waals surface area contributed by atoms with Crippen LogP contribution in [0.2, 0.25) is 0 Å². The normalized spacial score (nSPS) is 12.3. The lowest BCUT2D eigenvalue weighted by molar-refractivity contribution is 0.275. The van der Waals surface area contributed by atoms with Crippen molar-refractivity contribution in [2.24, 2.45) is 0 Å². The summed E-state index contributed by atoms with van der Waals surface area (Å²) in [6, 6.07) is 4.14. The second-order valence-electron chi connectivity index (χ2n) is 4.27. The predicted octanol–water partition coefficient (Wildman–Crippen LogP) is 2.05. The maximum absolute atomic E-state index is 8.95. The topological polar surface area (TPSA) is 50.7 Å². The molecule has 0 aliphatic rings. The van der Waals surface area contributed by atoms with Gasteiger partial charge in [0.15, 0.2) is 0 Å². The summed E-state index contributed by atoms with van der Waals surface area (Å²) in [6.45, 7) is 2.19. The molecule has 0 saturated carbocycles. The summed E-state index contributed by atoms with van der Waals surface area (Å²) in [5, 5.41) is 12.2. The van der Waals surface area contributed by atoms with Crippen LogP contribution in [0, 0.1) is 6.92 Å². The van der Waals surface area contributed by atoms with Crippen molar-refractivity contribution < 1.29 is 14.6 Å². The molecule has 0 aliphatic heterocycles. The van der Waals surface area contributed by atoms with Gasteiger partial charge in [-0.25, -0.2) is 0 Å². The Kier molecular flexibility index (Phi) is 5.95. The van der Waals surface area contributed by atoms with Gasteiger partial charge < -0.3 is 19.9 Å². The largest absolute Gasteiger partial charge is 0.496 e. The first kappa shape index (κ1) is 14.8. The van der Waals surface area contributed by atoms with Gasteiger partial charge in [-0.05, 0) is 44.5 Å². The highest BCUT2D eigenvalue weighted by Gasteiger charge is 2.16. The quantitative estimate of drug-likeness (QED) is 0.781. The molecule has 0 fully saturated rings.